The summed E-state index contributed by atoms with van der Waals surface area (Å²) in [6.45, 7) is 14.6. The zero-order valence-electron chi connectivity index (χ0n) is 11.7. The summed E-state index contributed by atoms with van der Waals surface area (Å²) < 4.78 is 0. The van der Waals surface area contributed by atoms with E-state index in [9.17, 15) is 4.79 Å². The lowest BCUT2D eigenvalue weighted by atomic mass is 9.68. The molecule has 0 heterocycles. The summed E-state index contributed by atoms with van der Waals surface area (Å²) >= 11 is 0. The Morgan fingerprint density at radius 3 is 2.25 bits per heavy atom. The second kappa shape index (κ2) is 6.88. The summed E-state index contributed by atoms with van der Waals surface area (Å²) in [5, 5.41) is 0. The molecule has 0 spiro atoms. The van der Waals surface area contributed by atoms with Gasteiger partial charge < -0.3 is 0 Å². The maximum absolute atomic E-state index is 12.2. The number of allylic oxidation sites excluding steroid dienone is 1. The standard InChI is InChI=1S/C15H28O/c1-7-9-14(16)15(6,10-8-2)13(5)11-12(3)4/h13H,3,7-11H2,1-2,4-6H3. The van der Waals surface area contributed by atoms with Crippen LogP contribution < -0.4 is 0 Å². The van der Waals surface area contributed by atoms with Crippen LogP contribution in [0.2, 0.25) is 0 Å². The van der Waals surface area contributed by atoms with Crippen molar-refractivity contribution >= 4 is 5.78 Å². The van der Waals surface area contributed by atoms with E-state index in [2.05, 4.69) is 34.3 Å². The zero-order valence-corrected chi connectivity index (χ0v) is 11.7. The summed E-state index contributed by atoms with van der Waals surface area (Å²) in [5.41, 5.74) is 1.03. The molecule has 2 atom stereocenters. The molecule has 0 rings (SSSR count). The first kappa shape index (κ1) is 15.4. The predicted octanol–water partition coefficient (Wildman–Crippen LogP) is 4.76. The normalized spacial score (nSPS) is 16.6. The molecule has 0 saturated heterocycles. The third kappa shape index (κ3) is 4.11. The van der Waals surface area contributed by atoms with E-state index in [1.54, 1.807) is 0 Å². The van der Waals surface area contributed by atoms with Crippen LogP contribution >= 0.6 is 0 Å². The average molecular weight is 224 g/mol. The number of carbonyl (C=O) groups is 1. The Morgan fingerprint density at radius 1 is 1.31 bits per heavy atom. The summed E-state index contributed by atoms with van der Waals surface area (Å²) in [5.74, 6) is 0.842. The van der Waals surface area contributed by atoms with Crippen LogP contribution in [0, 0.1) is 11.3 Å². The van der Waals surface area contributed by atoms with Gasteiger partial charge in [0.25, 0.3) is 0 Å². The van der Waals surface area contributed by atoms with Crippen molar-refractivity contribution in [2.24, 2.45) is 11.3 Å². The molecule has 0 aromatic carbocycles. The number of hydrogen-bond acceptors (Lipinski definition) is 1. The SMILES string of the molecule is C=C(C)CC(C)C(C)(CCC)C(=O)CCC. The number of ketones is 1. The van der Waals surface area contributed by atoms with E-state index < -0.39 is 0 Å². The first-order valence-corrected chi connectivity index (χ1v) is 6.56. The molecule has 0 fully saturated rings. The second-order valence-corrected chi connectivity index (χ2v) is 5.40. The molecule has 0 N–H and O–H groups in total. The highest BCUT2D eigenvalue weighted by molar-refractivity contribution is 5.84. The molecule has 0 aliphatic carbocycles. The fourth-order valence-electron chi connectivity index (χ4n) is 2.44. The van der Waals surface area contributed by atoms with Crippen LogP contribution in [0.5, 0.6) is 0 Å². The van der Waals surface area contributed by atoms with Crippen molar-refractivity contribution in [3.63, 3.8) is 0 Å². The van der Waals surface area contributed by atoms with Gasteiger partial charge in [0, 0.05) is 11.8 Å². The predicted molar refractivity (Wildman–Crippen MR) is 71.5 cm³/mol. The topological polar surface area (TPSA) is 17.1 Å². The van der Waals surface area contributed by atoms with Gasteiger partial charge in [-0.1, -0.05) is 39.7 Å². The van der Waals surface area contributed by atoms with Gasteiger partial charge in [0.1, 0.15) is 5.78 Å². The molecule has 0 bridgehead atoms. The molecule has 2 unspecified atom stereocenters. The fourth-order valence-corrected chi connectivity index (χ4v) is 2.44. The van der Waals surface area contributed by atoms with Crippen molar-refractivity contribution in [1.29, 1.82) is 0 Å². The van der Waals surface area contributed by atoms with Gasteiger partial charge in [-0.3, -0.25) is 4.79 Å². The number of hydrogen-bond donors (Lipinski definition) is 0. The summed E-state index contributed by atoms with van der Waals surface area (Å²) in [6.07, 6.45) is 4.72. The maximum Gasteiger partial charge on any atom is 0.139 e. The van der Waals surface area contributed by atoms with Crippen molar-refractivity contribution in [3.8, 4) is 0 Å². The van der Waals surface area contributed by atoms with Gasteiger partial charge in [0.15, 0.2) is 0 Å². The van der Waals surface area contributed by atoms with E-state index in [1.807, 2.05) is 6.92 Å². The monoisotopic (exact) mass is 224 g/mol. The van der Waals surface area contributed by atoms with E-state index in [4.69, 9.17) is 0 Å². The third-order valence-electron chi connectivity index (χ3n) is 3.63. The number of rotatable bonds is 8. The van der Waals surface area contributed by atoms with Crippen molar-refractivity contribution in [2.45, 2.75) is 66.7 Å². The zero-order chi connectivity index (χ0) is 12.8. The molecule has 16 heavy (non-hydrogen) atoms. The molecule has 1 heteroatoms. The van der Waals surface area contributed by atoms with Crippen LogP contribution in [0.1, 0.15) is 66.7 Å². The van der Waals surface area contributed by atoms with Crippen LogP contribution in [-0.4, -0.2) is 5.78 Å². The highest BCUT2D eigenvalue weighted by Gasteiger charge is 2.36. The van der Waals surface area contributed by atoms with Gasteiger partial charge in [-0.15, -0.1) is 6.58 Å². The van der Waals surface area contributed by atoms with Crippen LogP contribution in [0.25, 0.3) is 0 Å². The molecule has 0 amide bonds. The number of Topliss-reactive ketones (excluding diaryl/α,β-unsaturated/α-hetero) is 1. The Kier molecular flexibility index (Phi) is 6.62. The Bertz CT molecular complexity index is 242. The van der Waals surface area contributed by atoms with Crippen LogP contribution in [0.3, 0.4) is 0 Å². The van der Waals surface area contributed by atoms with Crippen molar-refractivity contribution in [1.82, 2.24) is 0 Å². The van der Waals surface area contributed by atoms with E-state index >= 15 is 0 Å². The van der Waals surface area contributed by atoms with Gasteiger partial charge in [0.2, 0.25) is 0 Å². The minimum absolute atomic E-state index is 0.149. The Labute approximate surface area is 101 Å². The minimum atomic E-state index is -0.149. The Hall–Kier alpha value is -0.590. The summed E-state index contributed by atoms with van der Waals surface area (Å²) in [6, 6.07) is 0. The van der Waals surface area contributed by atoms with E-state index in [-0.39, 0.29) is 5.41 Å². The van der Waals surface area contributed by atoms with Crippen LogP contribution in [0.4, 0.5) is 0 Å². The second-order valence-electron chi connectivity index (χ2n) is 5.40. The Morgan fingerprint density at radius 2 is 1.88 bits per heavy atom. The van der Waals surface area contributed by atoms with Crippen LogP contribution in [-0.2, 0) is 4.79 Å². The maximum atomic E-state index is 12.2. The van der Waals surface area contributed by atoms with Crippen molar-refractivity contribution < 1.29 is 4.79 Å². The van der Waals surface area contributed by atoms with Crippen molar-refractivity contribution in [2.75, 3.05) is 0 Å². The van der Waals surface area contributed by atoms with Crippen LogP contribution in [0.15, 0.2) is 12.2 Å². The van der Waals surface area contributed by atoms with Gasteiger partial charge in [-0.2, -0.15) is 0 Å². The average Bonchev–Trinajstić information content (AvgIpc) is 2.17. The third-order valence-corrected chi connectivity index (χ3v) is 3.63. The molecule has 1 nitrogen and oxygen atoms in total. The molecule has 0 radical (unpaired) electrons. The smallest absolute Gasteiger partial charge is 0.139 e. The molecular weight excluding hydrogens is 196 g/mol. The molecule has 94 valence electrons. The minimum Gasteiger partial charge on any atom is -0.299 e. The lowest BCUT2D eigenvalue weighted by molar-refractivity contribution is -0.131. The van der Waals surface area contributed by atoms with Crippen molar-refractivity contribution in [3.05, 3.63) is 12.2 Å². The number of carbonyl (C=O) groups excluding carboxylic acids is 1. The molecule has 0 saturated carbocycles. The van der Waals surface area contributed by atoms with E-state index in [1.165, 1.54) is 5.57 Å². The molecule has 0 aliphatic heterocycles. The quantitative estimate of drug-likeness (QED) is 0.543. The molecule has 0 aliphatic rings. The molecule has 0 aromatic rings. The fraction of sp³-hybridized carbons (Fsp3) is 0.800. The first-order valence-electron chi connectivity index (χ1n) is 6.56. The van der Waals surface area contributed by atoms with E-state index in [0.29, 0.717) is 11.7 Å². The summed E-state index contributed by atoms with van der Waals surface area (Å²) in [7, 11) is 0. The van der Waals surface area contributed by atoms with Gasteiger partial charge in [-0.25, -0.2) is 0 Å². The molecular formula is C15H28O. The van der Waals surface area contributed by atoms with Gasteiger partial charge in [-0.05, 0) is 32.1 Å². The largest absolute Gasteiger partial charge is 0.299 e. The van der Waals surface area contributed by atoms with Gasteiger partial charge in [0.05, 0.1) is 0 Å². The lowest BCUT2D eigenvalue weighted by Crippen LogP contribution is -2.34. The first-order chi connectivity index (χ1) is 7.38. The lowest BCUT2D eigenvalue weighted by Gasteiger charge is -2.34. The summed E-state index contributed by atoms with van der Waals surface area (Å²) in [4.78, 5) is 12.2. The highest BCUT2D eigenvalue weighted by atomic mass is 16.1. The highest BCUT2D eigenvalue weighted by Crippen LogP contribution is 2.38. The van der Waals surface area contributed by atoms with E-state index in [0.717, 1.165) is 32.1 Å². The van der Waals surface area contributed by atoms with Gasteiger partial charge >= 0.3 is 0 Å². The molecule has 0 aromatic heterocycles. The Balaban J connectivity index is 4.78.